The van der Waals surface area contributed by atoms with Crippen LogP contribution < -0.4 is 16.0 Å². The average Bonchev–Trinajstić information content (AvgIpc) is 3.43. The number of aryl methyl sites for hydroxylation is 2. The van der Waals surface area contributed by atoms with Crippen molar-refractivity contribution >= 4 is 52.8 Å². The summed E-state index contributed by atoms with van der Waals surface area (Å²) in [5.74, 6) is 2.10. The lowest BCUT2D eigenvalue weighted by molar-refractivity contribution is -0.116. The number of aliphatic imine (C=N–C) groups is 1. The van der Waals surface area contributed by atoms with Crippen LogP contribution in [0.2, 0.25) is 5.02 Å². The lowest BCUT2D eigenvalue weighted by Gasteiger charge is -2.31. The predicted molar refractivity (Wildman–Crippen MR) is 161 cm³/mol. The van der Waals surface area contributed by atoms with Gasteiger partial charge in [-0.05, 0) is 75.1 Å². The van der Waals surface area contributed by atoms with Gasteiger partial charge < -0.3 is 25.4 Å². The van der Waals surface area contributed by atoms with Gasteiger partial charge in [0.1, 0.15) is 10.8 Å². The first-order valence-electron chi connectivity index (χ1n) is 14.3. The molecule has 6 bridgehead atoms. The van der Waals surface area contributed by atoms with Gasteiger partial charge in [0.05, 0.1) is 6.20 Å². The van der Waals surface area contributed by atoms with Gasteiger partial charge in [0.2, 0.25) is 11.9 Å². The van der Waals surface area contributed by atoms with Gasteiger partial charge in [0, 0.05) is 61.0 Å². The molecule has 2 amide bonds. The number of nitrogens with zero attached hydrogens (tertiary/aromatic N) is 5. The molecule has 3 N–H and O–H groups in total. The lowest BCUT2D eigenvalue weighted by atomic mass is 9.91. The molecule has 0 radical (unpaired) electrons. The molecule has 1 atom stereocenters. The van der Waals surface area contributed by atoms with Crippen molar-refractivity contribution in [1.29, 1.82) is 0 Å². The summed E-state index contributed by atoms with van der Waals surface area (Å²) >= 11 is 6.39. The first kappa shape index (κ1) is 27.9. The van der Waals surface area contributed by atoms with Gasteiger partial charge in [-0.25, -0.2) is 4.98 Å². The third kappa shape index (κ3) is 6.62. The van der Waals surface area contributed by atoms with Gasteiger partial charge in [0.25, 0.3) is 5.91 Å². The maximum absolute atomic E-state index is 13.1. The van der Waals surface area contributed by atoms with Crippen molar-refractivity contribution in [2.45, 2.75) is 51.9 Å². The Kier molecular flexibility index (Phi) is 8.18. The van der Waals surface area contributed by atoms with E-state index in [9.17, 15) is 9.59 Å². The van der Waals surface area contributed by atoms with E-state index in [1.54, 1.807) is 25.4 Å². The number of rotatable bonds is 5. The standard InChI is InChI=1S/C30H33ClN8O3/c1-18-12-26(38-42-18)29(41)39-10-8-19(9-11-39)3-7-27(40)36-25-6-5-22-14-21(25)4-2-20-13-23(16-32-15-20)35-30-33-17-24(31)28(34-22)37-30/h5-6,12,14-17,19-20H,2-4,7-11,13H2,1H3,(H,36,40)(H2,33,34,35,37). The van der Waals surface area contributed by atoms with Crippen LogP contribution in [0.4, 0.5) is 23.1 Å². The molecule has 3 aromatic rings. The van der Waals surface area contributed by atoms with Crippen molar-refractivity contribution in [1.82, 2.24) is 20.0 Å². The maximum Gasteiger partial charge on any atom is 0.276 e. The van der Waals surface area contributed by atoms with E-state index in [2.05, 4.69) is 36.1 Å². The van der Waals surface area contributed by atoms with Gasteiger partial charge in [0.15, 0.2) is 11.5 Å². The second-order valence-corrected chi connectivity index (χ2v) is 11.5. The number of anilines is 4. The molecule has 1 saturated heterocycles. The number of carbonyl (C=O) groups excluding carboxylic acids is 2. The van der Waals surface area contributed by atoms with E-state index in [-0.39, 0.29) is 17.7 Å². The van der Waals surface area contributed by atoms with E-state index in [1.165, 1.54) is 0 Å². The van der Waals surface area contributed by atoms with E-state index < -0.39 is 0 Å². The number of amides is 2. The van der Waals surface area contributed by atoms with Gasteiger partial charge in [-0.3, -0.25) is 14.6 Å². The normalized spacial score (nSPS) is 18.5. The Balaban J connectivity index is 1.08. The molecule has 0 saturated carbocycles. The summed E-state index contributed by atoms with van der Waals surface area (Å²) < 4.78 is 5.04. The van der Waals surface area contributed by atoms with Crippen LogP contribution in [0.5, 0.6) is 0 Å². The fourth-order valence-electron chi connectivity index (χ4n) is 5.64. The number of likely N-dealkylation sites (tertiary alicyclic amines) is 1. The van der Waals surface area contributed by atoms with Crippen LogP contribution in [-0.4, -0.2) is 51.1 Å². The Morgan fingerprint density at radius 3 is 2.83 bits per heavy atom. The Labute approximate surface area is 248 Å². The van der Waals surface area contributed by atoms with Crippen molar-refractivity contribution in [2.24, 2.45) is 16.8 Å². The lowest BCUT2D eigenvalue weighted by Crippen LogP contribution is -2.38. The SMILES string of the molecule is Cc1cc(C(=O)N2CCC(CCC(=O)Nc3ccc4cc3CCC3C=NC=C(C3)Nc3ncc(Cl)c(n3)N4)CC2)no1. The van der Waals surface area contributed by atoms with Gasteiger partial charge in [-0.15, -0.1) is 0 Å². The maximum atomic E-state index is 13.1. The minimum atomic E-state index is -0.0967. The van der Waals surface area contributed by atoms with Crippen LogP contribution in [0.25, 0.3) is 0 Å². The summed E-state index contributed by atoms with van der Waals surface area (Å²) in [6, 6.07) is 7.55. The second-order valence-electron chi connectivity index (χ2n) is 11.1. The van der Waals surface area contributed by atoms with Crippen LogP contribution in [0.15, 0.2) is 51.9 Å². The van der Waals surface area contributed by atoms with E-state index in [1.807, 2.05) is 29.3 Å². The molecular weight excluding hydrogens is 556 g/mol. The molecule has 11 nitrogen and oxygen atoms in total. The van der Waals surface area contributed by atoms with Gasteiger partial charge >= 0.3 is 0 Å². The van der Waals surface area contributed by atoms with E-state index in [0.29, 0.717) is 53.7 Å². The Hall–Kier alpha value is -4.25. The second kappa shape index (κ2) is 12.3. The highest BCUT2D eigenvalue weighted by Gasteiger charge is 2.26. The Bertz CT molecular complexity index is 1540. The van der Waals surface area contributed by atoms with Crippen molar-refractivity contribution < 1.29 is 14.1 Å². The summed E-state index contributed by atoms with van der Waals surface area (Å²) in [6.07, 6.45) is 10.7. The number of carbonyl (C=O) groups is 2. The summed E-state index contributed by atoms with van der Waals surface area (Å²) in [5, 5.41) is 14.0. The van der Waals surface area contributed by atoms with Crippen molar-refractivity contribution in [3.63, 3.8) is 0 Å². The minimum absolute atomic E-state index is 0.0106. The molecule has 3 aliphatic rings. The number of allylic oxidation sites excluding steroid dienone is 1. The Morgan fingerprint density at radius 2 is 2.02 bits per heavy atom. The largest absolute Gasteiger partial charge is 0.361 e. The molecular formula is C30H33ClN8O3. The molecule has 6 rings (SSSR count). The number of hydrogen-bond donors (Lipinski definition) is 3. The molecule has 2 aromatic heterocycles. The predicted octanol–water partition coefficient (Wildman–Crippen LogP) is 5.73. The number of fused-ring (bicyclic) bond motifs is 6. The highest BCUT2D eigenvalue weighted by molar-refractivity contribution is 6.32. The highest BCUT2D eigenvalue weighted by atomic mass is 35.5. The first-order valence-corrected chi connectivity index (χ1v) is 14.7. The summed E-state index contributed by atoms with van der Waals surface area (Å²) in [4.78, 5) is 40.8. The molecule has 1 aromatic carbocycles. The van der Waals surface area contributed by atoms with Crippen LogP contribution in [-0.2, 0) is 11.2 Å². The van der Waals surface area contributed by atoms with Gasteiger partial charge in [-0.2, -0.15) is 4.98 Å². The van der Waals surface area contributed by atoms with Crippen molar-refractivity contribution in [2.75, 3.05) is 29.0 Å². The zero-order chi connectivity index (χ0) is 29.1. The Morgan fingerprint density at radius 1 is 1.17 bits per heavy atom. The minimum Gasteiger partial charge on any atom is -0.361 e. The van der Waals surface area contributed by atoms with E-state index in [4.69, 9.17) is 16.1 Å². The number of halogens is 1. The molecule has 1 unspecified atom stereocenters. The fourth-order valence-corrected chi connectivity index (χ4v) is 5.78. The molecule has 218 valence electrons. The van der Waals surface area contributed by atoms with Crippen LogP contribution in [0, 0.1) is 18.8 Å². The zero-order valence-corrected chi connectivity index (χ0v) is 24.2. The molecule has 3 aliphatic heterocycles. The topological polar surface area (TPSA) is 138 Å². The molecule has 42 heavy (non-hydrogen) atoms. The molecule has 0 aliphatic carbocycles. The summed E-state index contributed by atoms with van der Waals surface area (Å²) in [7, 11) is 0. The van der Waals surface area contributed by atoms with Crippen LogP contribution in [0.1, 0.15) is 60.3 Å². The van der Waals surface area contributed by atoms with Crippen LogP contribution >= 0.6 is 11.6 Å². The summed E-state index contributed by atoms with van der Waals surface area (Å²) in [5.41, 5.74) is 3.96. The monoisotopic (exact) mass is 588 g/mol. The molecule has 0 spiro atoms. The average molecular weight is 589 g/mol. The molecule has 12 heteroatoms. The quantitative estimate of drug-likeness (QED) is 0.343. The first-order chi connectivity index (χ1) is 20.4. The molecule has 1 fully saturated rings. The highest BCUT2D eigenvalue weighted by Crippen LogP contribution is 2.31. The number of hydrogen-bond acceptors (Lipinski definition) is 9. The smallest absolute Gasteiger partial charge is 0.276 e. The third-order valence-electron chi connectivity index (χ3n) is 7.98. The van der Waals surface area contributed by atoms with E-state index >= 15 is 0 Å². The van der Waals surface area contributed by atoms with Crippen molar-refractivity contribution in [3.05, 3.63) is 64.4 Å². The van der Waals surface area contributed by atoms with Crippen molar-refractivity contribution in [3.8, 4) is 0 Å². The van der Waals surface area contributed by atoms with Gasteiger partial charge in [-0.1, -0.05) is 16.8 Å². The zero-order valence-electron chi connectivity index (χ0n) is 23.4. The molecule has 5 heterocycles. The summed E-state index contributed by atoms with van der Waals surface area (Å²) in [6.45, 7) is 3.09. The number of aromatic nitrogens is 3. The van der Waals surface area contributed by atoms with Crippen LogP contribution in [0.3, 0.4) is 0 Å². The fraction of sp³-hybridized carbons (Fsp3) is 0.400. The number of piperidine rings is 1. The number of nitrogens with one attached hydrogen (secondary N) is 3. The third-order valence-corrected chi connectivity index (χ3v) is 8.26. The number of benzene rings is 1. The van der Waals surface area contributed by atoms with E-state index in [0.717, 1.165) is 61.2 Å².